The zero-order chi connectivity index (χ0) is 23.0. The van der Waals surface area contributed by atoms with Crippen LogP contribution >= 0.6 is 11.8 Å². The lowest BCUT2D eigenvalue weighted by Crippen LogP contribution is -2.14. The van der Waals surface area contributed by atoms with Crippen molar-refractivity contribution in [3.8, 4) is 5.95 Å². The van der Waals surface area contributed by atoms with Gasteiger partial charge in [0.2, 0.25) is 0 Å². The van der Waals surface area contributed by atoms with Gasteiger partial charge in [0, 0.05) is 17.4 Å². The maximum atomic E-state index is 14.2. The van der Waals surface area contributed by atoms with Gasteiger partial charge in [0.25, 0.3) is 11.2 Å². The van der Waals surface area contributed by atoms with Crippen molar-refractivity contribution < 1.29 is 18.0 Å². The van der Waals surface area contributed by atoms with E-state index in [1.807, 2.05) is 0 Å². The van der Waals surface area contributed by atoms with Gasteiger partial charge in [0.15, 0.2) is 23.3 Å². The maximum Gasteiger partial charge on any atom is 0.283 e. The van der Waals surface area contributed by atoms with Gasteiger partial charge in [0.05, 0.1) is 11.2 Å². The molecule has 8 nitrogen and oxygen atoms in total. The smallest absolute Gasteiger partial charge is 0.283 e. The molecule has 2 heterocycles. The zero-order valence-electron chi connectivity index (χ0n) is 16.6. The van der Waals surface area contributed by atoms with Crippen LogP contribution in [0.15, 0.2) is 36.4 Å². The third-order valence-corrected chi connectivity index (χ3v) is 5.17. The van der Waals surface area contributed by atoms with Crippen molar-refractivity contribution in [3.05, 3.63) is 65.1 Å². The second-order valence-electron chi connectivity index (χ2n) is 6.66. The van der Waals surface area contributed by atoms with Gasteiger partial charge >= 0.3 is 0 Å². The predicted octanol–water partition coefficient (Wildman–Crippen LogP) is 3.88. The highest BCUT2D eigenvalue weighted by Crippen LogP contribution is 2.29. The van der Waals surface area contributed by atoms with E-state index in [0.29, 0.717) is 10.9 Å². The molecule has 0 aliphatic heterocycles. The van der Waals surface area contributed by atoms with E-state index in [0.717, 1.165) is 23.9 Å². The monoisotopic (exact) mass is 459 g/mol. The topological polar surface area (TPSA) is 125 Å². The molecule has 164 valence electrons. The third kappa shape index (κ3) is 3.80. The molecule has 2 aromatic carbocycles. The standard InChI is InChI=1S/C20H16F3N7OS/c1-32-20(31)26-16-17(24)27-19(28-18(16)25)30-14-5-3-2-4-9(14)13(29-30)8-10-11(21)6-7-12(22)15(10)23/h2-7H,8H2,1H3,(H,26,31)(H4,24,25,27,28). The first-order valence-electron chi connectivity index (χ1n) is 9.17. The van der Waals surface area contributed by atoms with Crippen molar-refractivity contribution in [2.75, 3.05) is 23.0 Å². The number of amides is 1. The first kappa shape index (κ1) is 21.4. The lowest BCUT2D eigenvalue weighted by molar-refractivity contribution is 0.270. The second-order valence-corrected chi connectivity index (χ2v) is 7.44. The van der Waals surface area contributed by atoms with Gasteiger partial charge in [0.1, 0.15) is 11.5 Å². The number of nitrogen functional groups attached to an aromatic ring is 2. The number of carbonyl (C=O) groups excluding carboxylic acids is 1. The molecule has 0 atom stereocenters. The highest BCUT2D eigenvalue weighted by molar-refractivity contribution is 8.13. The van der Waals surface area contributed by atoms with Gasteiger partial charge in [-0.15, -0.1) is 0 Å². The number of nitrogens with one attached hydrogen (secondary N) is 1. The third-order valence-electron chi connectivity index (χ3n) is 4.70. The molecule has 4 rings (SSSR count). The van der Waals surface area contributed by atoms with Crippen molar-refractivity contribution in [3.63, 3.8) is 0 Å². The van der Waals surface area contributed by atoms with Crippen LogP contribution in [-0.4, -0.2) is 31.2 Å². The van der Waals surface area contributed by atoms with Crippen molar-refractivity contribution in [1.82, 2.24) is 19.7 Å². The van der Waals surface area contributed by atoms with Crippen LogP contribution in [0.25, 0.3) is 16.9 Å². The summed E-state index contributed by atoms with van der Waals surface area (Å²) in [5.74, 6) is -3.50. The average molecular weight is 459 g/mol. The van der Waals surface area contributed by atoms with E-state index in [4.69, 9.17) is 11.5 Å². The molecule has 32 heavy (non-hydrogen) atoms. The molecular weight excluding hydrogens is 443 g/mol. The molecule has 0 saturated heterocycles. The Morgan fingerprint density at radius 2 is 1.72 bits per heavy atom. The van der Waals surface area contributed by atoms with Crippen LogP contribution in [0.5, 0.6) is 0 Å². The molecule has 5 N–H and O–H groups in total. The Kier molecular flexibility index (Phi) is 5.61. The number of thioether (sulfide) groups is 1. The first-order chi connectivity index (χ1) is 15.3. The van der Waals surface area contributed by atoms with Crippen LogP contribution in [0.4, 0.5) is 35.3 Å². The SMILES string of the molecule is CSC(=O)Nc1c(N)nc(-n2nc(Cc3c(F)ccc(F)c3F)c3ccccc32)nc1N. The molecule has 0 spiro atoms. The number of benzene rings is 2. The van der Waals surface area contributed by atoms with Gasteiger partial charge in [-0.2, -0.15) is 19.7 Å². The van der Waals surface area contributed by atoms with Crippen molar-refractivity contribution in [1.29, 1.82) is 0 Å². The minimum Gasteiger partial charge on any atom is -0.382 e. The Labute approximate surface area is 183 Å². The Bertz CT molecular complexity index is 1340. The highest BCUT2D eigenvalue weighted by Gasteiger charge is 2.21. The van der Waals surface area contributed by atoms with Crippen molar-refractivity contribution in [2.24, 2.45) is 0 Å². The minimum atomic E-state index is -1.28. The molecule has 12 heteroatoms. The summed E-state index contributed by atoms with van der Waals surface area (Å²) in [5.41, 5.74) is 12.3. The van der Waals surface area contributed by atoms with Gasteiger partial charge in [-0.05, 0) is 24.5 Å². The summed E-state index contributed by atoms with van der Waals surface area (Å²) in [7, 11) is 0. The molecule has 0 radical (unpaired) electrons. The normalized spacial score (nSPS) is 11.1. The number of halogens is 3. The molecule has 0 aliphatic rings. The summed E-state index contributed by atoms with van der Waals surface area (Å²) in [6.45, 7) is 0. The fourth-order valence-corrected chi connectivity index (χ4v) is 3.38. The predicted molar refractivity (Wildman–Crippen MR) is 117 cm³/mol. The summed E-state index contributed by atoms with van der Waals surface area (Å²) in [5, 5.41) is 7.04. The van der Waals surface area contributed by atoms with Gasteiger partial charge < -0.3 is 16.8 Å². The van der Waals surface area contributed by atoms with E-state index in [1.165, 1.54) is 4.68 Å². The fourth-order valence-electron chi connectivity index (χ4n) is 3.17. The quantitative estimate of drug-likeness (QED) is 0.396. The molecule has 0 bridgehead atoms. The van der Waals surface area contributed by atoms with Crippen LogP contribution in [0.2, 0.25) is 0 Å². The lowest BCUT2D eigenvalue weighted by atomic mass is 10.1. The molecule has 1 amide bonds. The number of para-hydroxylation sites is 1. The van der Waals surface area contributed by atoms with E-state index in [1.54, 1.807) is 30.5 Å². The number of aromatic nitrogens is 4. The number of nitrogens with zero attached hydrogens (tertiary/aromatic N) is 4. The van der Waals surface area contributed by atoms with Crippen LogP contribution in [0, 0.1) is 17.5 Å². The first-order valence-corrected chi connectivity index (χ1v) is 10.4. The number of hydrogen-bond acceptors (Lipinski definition) is 7. The van der Waals surface area contributed by atoms with E-state index >= 15 is 0 Å². The number of carbonyl (C=O) groups is 1. The van der Waals surface area contributed by atoms with Crippen LogP contribution < -0.4 is 16.8 Å². The Hall–Kier alpha value is -3.80. The lowest BCUT2D eigenvalue weighted by Gasteiger charge is -2.11. The second kappa shape index (κ2) is 8.38. The largest absolute Gasteiger partial charge is 0.382 e. The van der Waals surface area contributed by atoms with E-state index in [2.05, 4.69) is 20.4 Å². The van der Waals surface area contributed by atoms with Gasteiger partial charge in [-0.1, -0.05) is 30.0 Å². The average Bonchev–Trinajstić information content (AvgIpc) is 3.14. The summed E-state index contributed by atoms with van der Waals surface area (Å²) >= 11 is 0.925. The number of rotatable bonds is 4. The van der Waals surface area contributed by atoms with E-state index in [-0.39, 0.29) is 35.4 Å². The van der Waals surface area contributed by atoms with E-state index in [9.17, 15) is 18.0 Å². The number of anilines is 3. The maximum absolute atomic E-state index is 14.2. The molecular formula is C20H16F3N7OS. The number of fused-ring (bicyclic) bond motifs is 1. The van der Waals surface area contributed by atoms with Crippen molar-refractivity contribution in [2.45, 2.75) is 6.42 Å². The Morgan fingerprint density at radius 1 is 1.06 bits per heavy atom. The van der Waals surface area contributed by atoms with Gasteiger partial charge in [-0.3, -0.25) is 4.79 Å². The minimum absolute atomic E-state index is 0.00946. The summed E-state index contributed by atoms with van der Waals surface area (Å²) in [4.78, 5) is 20.0. The molecule has 0 saturated carbocycles. The summed E-state index contributed by atoms with van der Waals surface area (Å²) in [6.07, 6.45) is 1.27. The Balaban J connectivity index is 1.83. The number of hydrogen-bond donors (Lipinski definition) is 3. The summed E-state index contributed by atoms with van der Waals surface area (Å²) < 4.78 is 43.4. The van der Waals surface area contributed by atoms with Crippen LogP contribution in [0.3, 0.4) is 0 Å². The summed E-state index contributed by atoms with van der Waals surface area (Å²) in [6, 6.07) is 8.43. The molecule has 0 unspecified atom stereocenters. The molecule has 2 aromatic heterocycles. The molecule has 4 aromatic rings. The van der Waals surface area contributed by atoms with Crippen molar-refractivity contribution >= 4 is 45.2 Å². The van der Waals surface area contributed by atoms with E-state index < -0.39 is 28.3 Å². The van der Waals surface area contributed by atoms with Crippen LogP contribution in [0.1, 0.15) is 11.3 Å². The van der Waals surface area contributed by atoms with Gasteiger partial charge in [-0.25, -0.2) is 13.2 Å². The zero-order valence-corrected chi connectivity index (χ0v) is 17.4. The molecule has 0 aliphatic carbocycles. The fraction of sp³-hybridized carbons (Fsp3) is 0.100. The van der Waals surface area contributed by atoms with Crippen LogP contribution in [-0.2, 0) is 6.42 Å². The molecule has 0 fully saturated rings. The Morgan fingerprint density at radius 3 is 2.41 bits per heavy atom. The highest BCUT2D eigenvalue weighted by atomic mass is 32.2. The number of nitrogens with two attached hydrogens (primary N) is 2.